The van der Waals surface area contributed by atoms with E-state index >= 15 is 0 Å². The van der Waals surface area contributed by atoms with Crippen LogP contribution in [0.2, 0.25) is 5.15 Å². The van der Waals surface area contributed by atoms with Crippen LogP contribution in [0.25, 0.3) is 0 Å². The van der Waals surface area contributed by atoms with Gasteiger partial charge in [0.25, 0.3) is 0 Å². The van der Waals surface area contributed by atoms with Gasteiger partial charge in [0.1, 0.15) is 16.5 Å². The molecule has 0 amide bonds. The molecule has 0 saturated heterocycles. The lowest BCUT2D eigenvalue weighted by Gasteiger charge is -2.03. The summed E-state index contributed by atoms with van der Waals surface area (Å²) in [7, 11) is 1.59. The number of halogens is 1. The molecular formula is C11H19ClN2O2. The molecule has 5 heteroatoms. The predicted octanol–water partition coefficient (Wildman–Crippen LogP) is 3.53. The summed E-state index contributed by atoms with van der Waals surface area (Å²) >= 11 is 5.56. The first-order valence-corrected chi connectivity index (χ1v) is 5.60. The van der Waals surface area contributed by atoms with Crippen LogP contribution < -0.4 is 5.32 Å². The average molecular weight is 247 g/mol. The van der Waals surface area contributed by atoms with Crippen LogP contribution in [0.5, 0.6) is 0 Å². The highest BCUT2D eigenvalue weighted by atomic mass is 35.5. The summed E-state index contributed by atoms with van der Waals surface area (Å²) in [6.45, 7) is 8.00. The van der Waals surface area contributed by atoms with Crippen molar-refractivity contribution in [3.8, 4) is 0 Å². The summed E-state index contributed by atoms with van der Waals surface area (Å²) in [5.74, 6) is -0.751. The minimum absolute atomic E-state index is 0.113. The van der Waals surface area contributed by atoms with Crippen molar-refractivity contribution in [2.75, 3.05) is 12.4 Å². The van der Waals surface area contributed by atoms with E-state index in [1.807, 2.05) is 27.7 Å². The Morgan fingerprint density at radius 1 is 1.31 bits per heavy atom. The van der Waals surface area contributed by atoms with Gasteiger partial charge in [-0.05, 0) is 12.1 Å². The van der Waals surface area contributed by atoms with Gasteiger partial charge in [0.05, 0.1) is 0 Å². The van der Waals surface area contributed by atoms with Crippen molar-refractivity contribution >= 4 is 23.4 Å². The smallest absolute Gasteiger partial charge is 0.339 e. The average Bonchev–Trinajstić information content (AvgIpc) is 2.33. The maximum absolute atomic E-state index is 10.6. The van der Waals surface area contributed by atoms with Gasteiger partial charge in [-0.1, -0.05) is 39.3 Å². The van der Waals surface area contributed by atoms with E-state index in [1.165, 1.54) is 12.1 Å². The lowest BCUT2D eigenvalue weighted by molar-refractivity contribution is 0.0697. The molecule has 0 saturated carbocycles. The highest BCUT2D eigenvalue weighted by Crippen LogP contribution is 2.15. The molecule has 0 radical (unpaired) electrons. The minimum Gasteiger partial charge on any atom is -0.478 e. The number of pyridine rings is 1. The SMILES string of the molecule is CC.CC.CNc1nc(Cl)ccc1C(=O)O. The maximum atomic E-state index is 10.6. The van der Waals surface area contributed by atoms with Crippen LogP contribution in [0.1, 0.15) is 38.1 Å². The van der Waals surface area contributed by atoms with Crippen LogP contribution in [0.3, 0.4) is 0 Å². The molecule has 1 aromatic heterocycles. The second-order valence-electron chi connectivity index (χ2n) is 2.09. The number of carboxylic acids is 1. The fourth-order valence-corrected chi connectivity index (χ4v) is 0.946. The molecule has 0 aliphatic carbocycles. The molecule has 1 heterocycles. The fourth-order valence-electron chi connectivity index (χ4n) is 0.798. The largest absolute Gasteiger partial charge is 0.478 e. The van der Waals surface area contributed by atoms with E-state index in [9.17, 15) is 4.79 Å². The molecule has 0 unspecified atom stereocenters. The zero-order valence-corrected chi connectivity index (χ0v) is 11.1. The molecule has 0 aromatic carbocycles. The number of rotatable bonds is 2. The first-order valence-electron chi connectivity index (χ1n) is 5.22. The molecule has 2 N–H and O–H groups in total. The van der Waals surface area contributed by atoms with Crippen LogP contribution in [-0.4, -0.2) is 23.1 Å². The highest BCUT2D eigenvalue weighted by Gasteiger charge is 2.09. The Labute approximate surface area is 102 Å². The molecule has 4 nitrogen and oxygen atoms in total. The van der Waals surface area contributed by atoms with Gasteiger partial charge in [0.2, 0.25) is 0 Å². The normalized spacial score (nSPS) is 7.88. The van der Waals surface area contributed by atoms with Crippen LogP contribution >= 0.6 is 11.6 Å². The molecule has 16 heavy (non-hydrogen) atoms. The molecule has 0 spiro atoms. The first-order chi connectivity index (χ1) is 7.65. The zero-order chi connectivity index (χ0) is 13.1. The third-order valence-electron chi connectivity index (χ3n) is 1.33. The van der Waals surface area contributed by atoms with Crippen LogP contribution in [0.15, 0.2) is 12.1 Å². The number of aromatic nitrogens is 1. The molecule has 0 atom stereocenters. The van der Waals surface area contributed by atoms with Gasteiger partial charge in [-0.25, -0.2) is 9.78 Å². The number of nitrogens with zero attached hydrogens (tertiary/aromatic N) is 1. The van der Waals surface area contributed by atoms with E-state index in [0.717, 1.165) is 0 Å². The van der Waals surface area contributed by atoms with E-state index < -0.39 is 5.97 Å². The summed E-state index contributed by atoms with van der Waals surface area (Å²) in [5, 5.41) is 11.6. The van der Waals surface area contributed by atoms with Gasteiger partial charge < -0.3 is 10.4 Å². The lowest BCUT2D eigenvalue weighted by atomic mass is 10.2. The van der Waals surface area contributed by atoms with Gasteiger partial charge in [0.15, 0.2) is 0 Å². The summed E-state index contributed by atoms with van der Waals surface area (Å²) in [5.41, 5.74) is 0.113. The molecule has 1 rings (SSSR count). The second-order valence-corrected chi connectivity index (χ2v) is 2.47. The Bertz CT molecular complexity index is 317. The number of anilines is 1. The van der Waals surface area contributed by atoms with Crippen LogP contribution in [0, 0.1) is 0 Å². The molecule has 0 fully saturated rings. The first kappa shape index (κ1) is 17.1. The molecule has 0 aliphatic rings. The number of hydrogen-bond donors (Lipinski definition) is 2. The van der Waals surface area contributed by atoms with E-state index in [1.54, 1.807) is 7.05 Å². The van der Waals surface area contributed by atoms with Crippen molar-refractivity contribution in [1.82, 2.24) is 4.98 Å². The van der Waals surface area contributed by atoms with E-state index in [4.69, 9.17) is 16.7 Å². The number of nitrogens with one attached hydrogen (secondary N) is 1. The summed E-state index contributed by atoms with van der Waals surface area (Å²) in [6.07, 6.45) is 0. The summed E-state index contributed by atoms with van der Waals surface area (Å²) in [6, 6.07) is 2.84. The van der Waals surface area contributed by atoms with Gasteiger partial charge in [-0.2, -0.15) is 0 Å². The minimum atomic E-state index is -1.02. The third-order valence-corrected chi connectivity index (χ3v) is 1.54. The van der Waals surface area contributed by atoms with Gasteiger partial charge >= 0.3 is 5.97 Å². The fraction of sp³-hybridized carbons (Fsp3) is 0.455. The zero-order valence-electron chi connectivity index (χ0n) is 10.3. The van der Waals surface area contributed by atoms with E-state index in [2.05, 4.69) is 10.3 Å². The molecule has 0 aliphatic heterocycles. The summed E-state index contributed by atoms with van der Waals surface area (Å²) in [4.78, 5) is 14.4. The number of hydrogen-bond acceptors (Lipinski definition) is 3. The standard InChI is InChI=1S/C7H7ClN2O2.2C2H6/c1-9-6-4(7(11)12)2-3-5(8)10-6;2*1-2/h2-3H,1H3,(H,9,10)(H,11,12);2*1-2H3. The van der Waals surface area contributed by atoms with Crippen molar-refractivity contribution in [1.29, 1.82) is 0 Å². The number of carboxylic acid groups (broad SMARTS) is 1. The van der Waals surface area contributed by atoms with Gasteiger partial charge in [0, 0.05) is 7.05 Å². The predicted molar refractivity (Wildman–Crippen MR) is 68.4 cm³/mol. The quantitative estimate of drug-likeness (QED) is 0.784. The van der Waals surface area contributed by atoms with Crippen LogP contribution in [-0.2, 0) is 0 Å². The maximum Gasteiger partial charge on any atom is 0.339 e. The summed E-state index contributed by atoms with van der Waals surface area (Å²) < 4.78 is 0. The van der Waals surface area contributed by atoms with Crippen molar-refractivity contribution < 1.29 is 9.90 Å². The Kier molecular flexibility index (Phi) is 10.9. The van der Waals surface area contributed by atoms with Crippen molar-refractivity contribution in [3.63, 3.8) is 0 Å². The monoisotopic (exact) mass is 246 g/mol. The molecule has 1 aromatic rings. The highest BCUT2D eigenvalue weighted by molar-refractivity contribution is 6.29. The third kappa shape index (κ3) is 5.56. The number of aromatic carboxylic acids is 1. The molecule has 0 bridgehead atoms. The van der Waals surface area contributed by atoms with E-state index in [0.29, 0.717) is 0 Å². The Balaban J connectivity index is 0. The van der Waals surface area contributed by atoms with E-state index in [-0.39, 0.29) is 16.5 Å². The molecule has 92 valence electrons. The second kappa shape index (κ2) is 10.2. The Morgan fingerprint density at radius 2 is 1.81 bits per heavy atom. The van der Waals surface area contributed by atoms with Gasteiger partial charge in [-0.15, -0.1) is 0 Å². The van der Waals surface area contributed by atoms with Crippen molar-refractivity contribution in [2.24, 2.45) is 0 Å². The topological polar surface area (TPSA) is 62.2 Å². The van der Waals surface area contributed by atoms with Crippen molar-refractivity contribution in [3.05, 3.63) is 22.8 Å². The van der Waals surface area contributed by atoms with Crippen LogP contribution in [0.4, 0.5) is 5.82 Å². The Morgan fingerprint density at radius 3 is 2.19 bits per heavy atom. The Hall–Kier alpha value is -1.29. The van der Waals surface area contributed by atoms with Gasteiger partial charge in [-0.3, -0.25) is 0 Å². The number of carbonyl (C=O) groups is 1. The molecular weight excluding hydrogens is 228 g/mol. The lowest BCUT2D eigenvalue weighted by Crippen LogP contribution is -2.04. The van der Waals surface area contributed by atoms with Crippen molar-refractivity contribution in [2.45, 2.75) is 27.7 Å².